The minimum atomic E-state index is 0. The topological polar surface area (TPSA) is 66.0 Å². The van der Waals surface area contributed by atoms with Crippen molar-refractivity contribution in [3.63, 3.8) is 0 Å². The van der Waals surface area contributed by atoms with E-state index in [9.17, 15) is 4.79 Å². The molecule has 1 aliphatic heterocycles. The number of aliphatic imine (C=N–C) groups is 1. The van der Waals surface area contributed by atoms with Crippen LogP contribution in [0.3, 0.4) is 0 Å². The summed E-state index contributed by atoms with van der Waals surface area (Å²) in [5.74, 6) is 1.80. The monoisotopic (exact) mass is 488 g/mol. The van der Waals surface area contributed by atoms with Crippen molar-refractivity contribution in [2.75, 3.05) is 26.7 Å². The number of para-hydroxylation sites is 1. The van der Waals surface area contributed by atoms with Gasteiger partial charge in [-0.2, -0.15) is 0 Å². The smallest absolute Gasteiger partial charge is 0.224 e. The number of amides is 1. The van der Waals surface area contributed by atoms with Gasteiger partial charge in [0, 0.05) is 44.7 Å². The van der Waals surface area contributed by atoms with Gasteiger partial charge < -0.3 is 20.3 Å². The lowest BCUT2D eigenvalue weighted by Gasteiger charge is -2.33. The molecule has 1 saturated heterocycles. The van der Waals surface area contributed by atoms with E-state index in [0.29, 0.717) is 38.1 Å². The van der Waals surface area contributed by atoms with Crippen LogP contribution in [0.25, 0.3) is 0 Å². The Morgan fingerprint density at radius 1 is 1.30 bits per heavy atom. The molecule has 27 heavy (non-hydrogen) atoms. The van der Waals surface area contributed by atoms with Gasteiger partial charge in [0.2, 0.25) is 5.91 Å². The molecule has 1 heterocycles. The highest BCUT2D eigenvalue weighted by molar-refractivity contribution is 14.0. The fourth-order valence-electron chi connectivity index (χ4n) is 3.25. The van der Waals surface area contributed by atoms with Gasteiger partial charge >= 0.3 is 0 Å². The van der Waals surface area contributed by atoms with Crippen molar-refractivity contribution in [2.45, 2.75) is 52.1 Å². The maximum absolute atomic E-state index is 12.4. The molecule has 0 saturated carbocycles. The lowest BCUT2D eigenvalue weighted by atomic mass is 10.0. The lowest BCUT2D eigenvalue weighted by Crippen LogP contribution is -2.44. The Bertz CT molecular complexity index is 609. The second-order valence-electron chi connectivity index (χ2n) is 6.58. The summed E-state index contributed by atoms with van der Waals surface area (Å²) in [6.07, 6.45) is 3.94. The molecule has 0 bridgehead atoms. The van der Waals surface area contributed by atoms with Gasteiger partial charge in [0.1, 0.15) is 5.75 Å². The van der Waals surface area contributed by atoms with E-state index in [1.165, 1.54) is 6.42 Å². The standard InChI is InChI=1S/C20H32N4O2.HI/c1-4-26-18-11-6-5-10-17(18)15-23-20(21-3)22-13-12-19(25)24-14-8-7-9-16(24)2;/h5-6,10-11,16H,4,7-9,12-15H2,1-3H3,(H2,21,22,23);1H. The molecule has 1 unspecified atom stereocenters. The number of rotatable bonds is 7. The van der Waals surface area contributed by atoms with E-state index in [4.69, 9.17) is 4.74 Å². The number of carbonyl (C=O) groups is 1. The summed E-state index contributed by atoms with van der Waals surface area (Å²) >= 11 is 0. The van der Waals surface area contributed by atoms with Crippen molar-refractivity contribution in [3.05, 3.63) is 29.8 Å². The largest absolute Gasteiger partial charge is 0.494 e. The van der Waals surface area contributed by atoms with Crippen LogP contribution < -0.4 is 15.4 Å². The van der Waals surface area contributed by atoms with E-state index in [0.717, 1.165) is 30.7 Å². The van der Waals surface area contributed by atoms with Crippen LogP contribution in [0.15, 0.2) is 29.3 Å². The number of carbonyl (C=O) groups excluding carboxylic acids is 1. The van der Waals surface area contributed by atoms with Crippen LogP contribution in [0.2, 0.25) is 0 Å². The van der Waals surface area contributed by atoms with Gasteiger partial charge in [0.05, 0.1) is 6.61 Å². The normalized spacial score (nSPS) is 17.1. The highest BCUT2D eigenvalue weighted by atomic mass is 127. The van der Waals surface area contributed by atoms with Crippen LogP contribution in [0, 0.1) is 0 Å². The van der Waals surface area contributed by atoms with Crippen molar-refractivity contribution in [1.82, 2.24) is 15.5 Å². The van der Waals surface area contributed by atoms with Crippen molar-refractivity contribution in [1.29, 1.82) is 0 Å². The molecule has 2 rings (SSSR count). The maximum atomic E-state index is 12.4. The first-order valence-corrected chi connectivity index (χ1v) is 9.60. The molecule has 0 radical (unpaired) electrons. The zero-order valence-corrected chi connectivity index (χ0v) is 19.0. The molecule has 0 aliphatic carbocycles. The molecule has 2 N–H and O–H groups in total. The third-order valence-electron chi connectivity index (χ3n) is 4.70. The summed E-state index contributed by atoms with van der Waals surface area (Å²) in [4.78, 5) is 18.6. The Morgan fingerprint density at radius 2 is 2.07 bits per heavy atom. The quantitative estimate of drug-likeness (QED) is 0.352. The van der Waals surface area contributed by atoms with Gasteiger partial charge in [-0.25, -0.2) is 0 Å². The number of nitrogens with zero attached hydrogens (tertiary/aromatic N) is 2. The summed E-state index contributed by atoms with van der Waals surface area (Å²) in [5.41, 5.74) is 1.08. The second-order valence-corrected chi connectivity index (χ2v) is 6.58. The van der Waals surface area contributed by atoms with Crippen LogP contribution in [0.5, 0.6) is 5.75 Å². The van der Waals surface area contributed by atoms with E-state index >= 15 is 0 Å². The molecule has 1 atom stereocenters. The Kier molecular flexibility index (Phi) is 11.2. The molecule has 1 aromatic rings. The zero-order valence-electron chi connectivity index (χ0n) is 16.7. The van der Waals surface area contributed by atoms with Gasteiger partial charge in [-0.15, -0.1) is 24.0 Å². The number of hydrogen-bond donors (Lipinski definition) is 2. The van der Waals surface area contributed by atoms with Gasteiger partial charge in [-0.05, 0) is 39.2 Å². The number of piperidine rings is 1. The first-order chi connectivity index (χ1) is 12.7. The lowest BCUT2D eigenvalue weighted by molar-refractivity contribution is -0.134. The van der Waals surface area contributed by atoms with E-state index in [1.54, 1.807) is 7.05 Å². The number of guanidine groups is 1. The van der Waals surface area contributed by atoms with E-state index in [1.807, 2.05) is 36.1 Å². The van der Waals surface area contributed by atoms with E-state index in [-0.39, 0.29) is 29.9 Å². The van der Waals surface area contributed by atoms with Crippen LogP contribution in [-0.2, 0) is 11.3 Å². The summed E-state index contributed by atoms with van der Waals surface area (Å²) < 4.78 is 5.64. The van der Waals surface area contributed by atoms with Gasteiger partial charge in [-0.3, -0.25) is 9.79 Å². The highest BCUT2D eigenvalue weighted by Gasteiger charge is 2.22. The average Bonchev–Trinajstić information content (AvgIpc) is 2.66. The highest BCUT2D eigenvalue weighted by Crippen LogP contribution is 2.18. The SMILES string of the molecule is CCOc1ccccc1CNC(=NC)NCCC(=O)N1CCCCC1C.I. The average molecular weight is 488 g/mol. The van der Waals surface area contributed by atoms with Crippen LogP contribution in [-0.4, -0.2) is 49.6 Å². The van der Waals surface area contributed by atoms with Gasteiger partial charge in [-0.1, -0.05) is 18.2 Å². The minimum absolute atomic E-state index is 0. The summed E-state index contributed by atoms with van der Waals surface area (Å²) in [6.45, 7) is 6.84. The van der Waals surface area contributed by atoms with Crippen molar-refractivity contribution < 1.29 is 9.53 Å². The number of benzene rings is 1. The third kappa shape index (κ3) is 7.56. The second kappa shape index (κ2) is 12.8. The van der Waals surface area contributed by atoms with E-state index < -0.39 is 0 Å². The van der Waals surface area contributed by atoms with Crippen LogP contribution in [0.1, 0.15) is 45.1 Å². The Labute approximate surface area is 180 Å². The zero-order chi connectivity index (χ0) is 18.8. The molecule has 1 aliphatic rings. The number of ether oxygens (including phenoxy) is 1. The number of hydrogen-bond acceptors (Lipinski definition) is 3. The van der Waals surface area contributed by atoms with Crippen LogP contribution in [0.4, 0.5) is 0 Å². The third-order valence-corrected chi connectivity index (χ3v) is 4.70. The first-order valence-electron chi connectivity index (χ1n) is 9.60. The summed E-state index contributed by atoms with van der Waals surface area (Å²) in [5, 5.41) is 6.51. The van der Waals surface area contributed by atoms with Crippen molar-refractivity contribution >= 4 is 35.8 Å². The fraction of sp³-hybridized carbons (Fsp3) is 0.600. The van der Waals surface area contributed by atoms with Crippen molar-refractivity contribution in [3.8, 4) is 5.75 Å². The number of likely N-dealkylation sites (tertiary alicyclic amines) is 1. The molecule has 6 nitrogen and oxygen atoms in total. The molecular weight excluding hydrogens is 455 g/mol. The van der Waals surface area contributed by atoms with Gasteiger partial charge in [0.15, 0.2) is 5.96 Å². The van der Waals surface area contributed by atoms with Crippen LogP contribution >= 0.6 is 24.0 Å². The Hall–Kier alpha value is -1.51. The molecule has 1 aromatic carbocycles. The summed E-state index contributed by atoms with van der Waals surface area (Å²) in [6, 6.07) is 8.33. The molecule has 0 aromatic heterocycles. The predicted molar refractivity (Wildman–Crippen MR) is 121 cm³/mol. The van der Waals surface area contributed by atoms with E-state index in [2.05, 4.69) is 22.5 Å². The first kappa shape index (κ1) is 23.5. The maximum Gasteiger partial charge on any atom is 0.224 e. The Morgan fingerprint density at radius 3 is 2.78 bits per heavy atom. The number of nitrogens with one attached hydrogen (secondary N) is 2. The minimum Gasteiger partial charge on any atom is -0.494 e. The fourth-order valence-corrected chi connectivity index (χ4v) is 3.25. The molecule has 1 amide bonds. The molecule has 1 fully saturated rings. The molecular formula is C20H33IN4O2. The predicted octanol–water partition coefficient (Wildman–Crippen LogP) is 3.16. The summed E-state index contributed by atoms with van der Waals surface area (Å²) in [7, 11) is 1.73. The molecule has 152 valence electrons. The Balaban J connectivity index is 0.00000364. The van der Waals surface area contributed by atoms with Gasteiger partial charge in [0.25, 0.3) is 0 Å². The molecule has 0 spiro atoms. The van der Waals surface area contributed by atoms with Crippen molar-refractivity contribution in [2.24, 2.45) is 4.99 Å². The number of halogens is 1. The molecule has 7 heteroatoms.